The largest absolute Gasteiger partial charge is 0.507 e. The van der Waals surface area contributed by atoms with Gasteiger partial charge in [-0.2, -0.15) is 0 Å². The van der Waals surface area contributed by atoms with Crippen molar-refractivity contribution in [2.45, 2.75) is 65.4 Å². The Kier molecular flexibility index (Phi) is 10.6. The third-order valence-corrected chi connectivity index (χ3v) is 8.83. The molecule has 0 unspecified atom stereocenters. The van der Waals surface area contributed by atoms with E-state index in [1.54, 1.807) is 30.3 Å². The van der Waals surface area contributed by atoms with Gasteiger partial charge in [0, 0.05) is 53.3 Å². The summed E-state index contributed by atoms with van der Waals surface area (Å²) in [7, 11) is 1.53. The van der Waals surface area contributed by atoms with E-state index in [9.17, 15) is 29.6 Å². The number of benzene rings is 3. The number of non-ortho nitro benzene ring substituents is 1. The minimum Gasteiger partial charge on any atom is -0.507 e. The number of esters is 1. The number of aromatic amines is 1. The molecule has 1 aromatic heterocycles. The number of nitro groups is 1. The lowest BCUT2D eigenvalue weighted by atomic mass is 9.94. The number of allylic oxidation sites excluding steroid dienone is 2. The lowest BCUT2D eigenvalue weighted by molar-refractivity contribution is -0.383. The van der Waals surface area contributed by atoms with E-state index in [4.69, 9.17) is 9.47 Å². The van der Waals surface area contributed by atoms with Gasteiger partial charge in [0.1, 0.15) is 29.2 Å². The first-order valence-electron chi connectivity index (χ1n) is 16.1. The molecule has 0 atom stereocenters. The third kappa shape index (κ3) is 7.12. The van der Waals surface area contributed by atoms with Crippen molar-refractivity contribution in [1.29, 1.82) is 0 Å². The summed E-state index contributed by atoms with van der Waals surface area (Å²) in [6, 6.07) is 9.96. The number of amides is 1. The number of anilines is 1. The van der Waals surface area contributed by atoms with Gasteiger partial charge in [-0.3, -0.25) is 19.7 Å². The molecule has 4 N–H and O–H groups in total. The Morgan fingerprint density at radius 3 is 2.60 bits per heavy atom. The van der Waals surface area contributed by atoms with Crippen LogP contribution >= 0.6 is 0 Å². The quantitative estimate of drug-likeness (QED) is 0.0284. The van der Waals surface area contributed by atoms with Gasteiger partial charge in [0.05, 0.1) is 17.4 Å². The lowest BCUT2D eigenvalue weighted by Gasteiger charge is -2.15. The molecule has 0 aliphatic carbocycles. The van der Waals surface area contributed by atoms with Crippen LogP contribution in [0.2, 0.25) is 0 Å². The van der Waals surface area contributed by atoms with Crippen molar-refractivity contribution in [2.75, 3.05) is 25.5 Å². The summed E-state index contributed by atoms with van der Waals surface area (Å²) in [4.78, 5) is 52.0. The molecule has 2 heterocycles. The number of nitro benzene ring substituents is 1. The number of H-pyrrole nitrogens is 1. The number of phenolic OH excluding ortho intramolecular Hbond substituents is 1. The summed E-state index contributed by atoms with van der Waals surface area (Å²) in [6.07, 6.45) is 6.65. The maximum absolute atomic E-state index is 13.3. The Bertz CT molecular complexity index is 1980. The zero-order chi connectivity index (χ0) is 34.4. The summed E-state index contributed by atoms with van der Waals surface area (Å²) in [6.45, 7) is 5.05. The fraction of sp³-hybridized carbons (Fsp3) is 0.361. The van der Waals surface area contributed by atoms with Crippen LogP contribution in [0, 0.1) is 17.0 Å². The SMILES string of the molecule is COc1c(C)c2c(c(O)c1C/C=C(\C)CCC(=O)NCCCCCCNc1ccc([N+](=O)[O-])c3[nH]c4ccccc4c(=O)c13)C(=O)OC2. The molecule has 0 saturated heterocycles. The summed E-state index contributed by atoms with van der Waals surface area (Å²) in [5.74, 6) is -0.155. The molecule has 5 rings (SSSR count). The molecule has 0 fully saturated rings. The number of hydrogen-bond acceptors (Lipinski definition) is 9. The predicted molar refractivity (Wildman–Crippen MR) is 184 cm³/mol. The number of aromatic nitrogens is 1. The highest BCUT2D eigenvalue weighted by Gasteiger charge is 2.32. The van der Waals surface area contributed by atoms with E-state index in [2.05, 4.69) is 15.6 Å². The van der Waals surface area contributed by atoms with Crippen LogP contribution < -0.4 is 20.8 Å². The first-order chi connectivity index (χ1) is 23.1. The molecule has 252 valence electrons. The number of carbonyl (C=O) groups is 2. The third-order valence-electron chi connectivity index (χ3n) is 8.83. The number of carbonyl (C=O) groups excluding carboxylic acids is 2. The summed E-state index contributed by atoms with van der Waals surface area (Å²) < 4.78 is 10.6. The monoisotopic (exact) mass is 656 g/mol. The number of phenols is 1. The minimum absolute atomic E-state index is 0.0382. The van der Waals surface area contributed by atoms with Crippen LogP contribution in [0.5, 0.6) is 11.5 Å². The number of ether oxygens (including phenoxy) is 2. The lowest BCUT2D eigenvalue weighted by Crippen LogP contribution is -2.24. The maximum Gasteiger partial charge on any atom is 0.342 e. The predicted octanol–water partition coefficient (Wildman–Crippen LogP) is 6.34. The Balaban J connectivity index is 1.04. The molecule has 1 aliphatic heterocycles. The molecule has 12 heteroatoms. The second-order valence-corrected chi connectivity index (χ2v) is 12.0. The van der Waals surface area contributed by atoms with E-state index < -0.39 is 10.9 Å². The Morgan fingerprint density at radius 1 is 1.10 bits per heavy atom. The van der Waals surface area contributed by atoms with Crippen LogP contribution in [0.3, 0.4) is 0 Å². The van der Waals surface area contributed by atoms with Crippen LogP contribution in [-0.4, -0.2) is 47.1 Å². The number of fused-ring (bicyclic) bond motifs is 3. The number of hydrogen-bond donors (Lipinski definition) is 4. The zero-order valence-corrected chi connectivity index (χ0v) is 27.4. The normalized spacial score (nSPS) is 12.6. The molecule has 1 amide bonds. The maximum atomic E-state index is 13.3. The number of nitrogens with zero attached hydrogens (tertiary/aromatic N) is 1. The Hall–Kier alpha value is -5.39. The first kappa shape index (κ1) is 34.0. The molecule has 0 saturated carbocycles. The van der Waals surface area contributed by atoms with E-state index in [1.165, 1.54) is 13.2 Å². The zero-order valence-electron chi connectivity index (χ0n) is 27.4. The van der Waals surface area contributed by atoms with E-state index in [-0.39, 0.29) is 45.8 Å². The summed E-state index contributed by atoms with van der Waals surface area (Å²) >= 11 is 0. The summed E-state index contributed by atoms with van der Waals surface area (Å²) in [5, 5.41) is 29.4. The van der Waals surface area contributed by atoms with Gasteiger partial charge >= 0.3 is 5.97 Å². The molecular weight excluding hydrogens is 616 g/mol. The fourth-order valence-electron chi connectivity index (χ4n) is 6.17. The van der Waals surface area contributed by atoms with Gasteiger partial charge in [-0.05, 0) is 63.3 Å². The van der Waals surface area contributed by atoms with E-state index in [0.29, 0.717) is 65.8 Å². The van der Waals surface area contributed by atoms with E-state index >= 15 is 0 Å². The van der Waals surface area contributed by atoms with Crippen LogP contribution in [0.1, 0.15) is 72.5 Å². The average molecular weight is 657 g/mol. The van der Waals surface area contributed by atoms with Crippen molar-refractivity contribution in [1.82, 2.24) is 10.3 Å². The molecular formula is C36H40N4O8. The summed E-state index contributed by atoms with van der Waals surface area (Å²) in [5.41, 5.74) is 4.04. The highest BCUT2D eigenvalue weighted by molar-refractivity contribution is 6.03. The molecule has 12 nitrogen and oxygen atoms in total. The first-order valence-corrected chi connectivity index (χ1v) is 16.1. The Morgan fingerprint density at radius 2 is 1.85 bits per heavy atom. The van der Waals surface area contributed by atoms with Crippen molar-refractivity contribution >= 4 is 45.1 Å². The topological polar surface area (TPSA) is 173 Å². The van der Waals surface area contributed by atoms with Gasteiger partial charge in [-0.15, -0.1) is 0 Å². The van der Waals surface area contributed by atoms with Crippen LogP contribution in [0.15, 0.2) is 52.8 Å². The van der Waals surface area contributed by atoms with Gasteiger partial charge in [0.15, 0.2) is 5.43 Å². The van der Waals surface area contributed by atoms with Crippen molar-refractivity contribution in [2.24, 2.45) is 0 Å². The van der Waals surface area contributed by atoms with Crippen LogP contribution in [0.4, 0.5) is 11.4 Å². The fourth-order valence-corrected chi connectivity index (χ4v) is 6.17. The number of nitrogens with one attached hydrogen (secondary N) is 3. The number of pyridine rings is 1. The number of methoxy groups -OCH3 is 1. The molecule has 1 aliphatic rings. The number of rotatable bonds is 15. The van der Waals surface area contributed by atoms with Gasteiger partial charge in [0.25, 0.3) is 5.69 Å². The standard InChI is InChI=1S/C36H40N4O8/c1-21(12-14-24-34(43)30-25(20-48-36(30)44)22(2)35(24)47-3)13-17-29(41)38-19-9-5-4-8-18-37-27-15-16-28(40(45)46)32-31(27)33(42)23-10-6-7-11-26(23)39-32/h6-7,10-12,15-16,37,43H,4-5,8-9,13-14,17-20H2,1-3H3,(H,38,41)(H,39,42)/b21-12+. The molecule has 3 aromatic carbocycles. The van der Waals surface area contributed by atoms with Crippen molar-refractivity contribution < 1.29 is 29.1 Å². The number of aromatic hydroxyl groups is 1. The van der Waals surface area contributed by atoms with Gasteiger partial charge in [-0.1, -0.05) is 36.6 Å². The van der Waals surface area contributed by atoms with Crippen molar-refractivity contribution in [3.63, 3.8) is 0 Å². The number of cyclic esters (lactones) is 1. The minimum atomic E-state index is -0.536. The Labute approximate surface area is 277 Å². The van der Waals surface area contributed by atoms with Gasteiger partial charge < -0.3 is 30.2 Å². The highest BCUT2D eigenvalue weighted by Crippen LogP contribution is 2.42. The van der Waals surface area contributed by atoms with E-state index in [0.717, 1.165) is 36.8 Å². The van der Waals surface area contributed by atoms with E-state index in [1.807, 2.05) is 19.9 Å². The highest BCUT2D eigenvalue weighted by atomic mass is 16.6. The molecule has 0 bridgehead atoms. The van der Waals surface area contributed by atoms with Crippen LogP contribution in [0.25, 0.3) is 21.8 Å². The molecule has 4 aromatic rings. The average Bonchev–Trinajstić information content (AvgIpc) is 3.47. The molecule has 48 heavy (non-hydrogen) atoms. The second-order valence-electron chi connectivity index (χ2n) is 12.0. The molecule has 0 spiro atoms. The van der Waals surface area contributed by atoms with Crippen molar-refractivity contribution in [3.05, 3.63) is 90.6 Å². The smallest absolute Gasteiger partial charge is 0.342 e. The van der Waals surface area contributed by atoms with Crippen molar-refractivity contribution in [3.8, 4) is 11.5 Å². The van der Waals surface area contributed by atoms with Gasteiger partial charge in [0.2, 0.25) is 5.91 Å². The second kappa shape index (κ2) is 15.0. The number of para-hydroxylation sites is 1. The molecule has 0 radical (unpaired) electrons. The van der Waals surface area contributed by atoms with Gasteiger partial charge in [-0.25, -0.2) is 4.79 Å². The number of unbranched alkanes of at least 4 members (excludes halogenated alkanes) is 3. The van der Waals surface area contributed by atoms with Crippen LogP contribution in [-0.2, 0) is 22.6 Å².